The maximum atomic E-state index is 11.9. The van der Waals surface area contributed by atoms with Gasteiger partial charge in [-0.05, 0) is 29.8 Å². The van der Waals surface area contributed by atoms with Crippen molar-refractivity contribution in [3.63, 3.8) is 0 Å². The first kappa shape index (κ1) is 13.9. The third-order valence-corrected chi connectivity index (χ3v) is 3.95. The quantitative estimate of drug-likeness (QED) is 0.727. The first-order valence-corrected chi connectivity index (χ1v) is 8.20. The van der Waals surface area contributed by atoms with Crippen molar-refractivity contribution in [2.24, 2.45) is 0 Å². The third kappa shape index (κ3) is 3.17. The zero-order chi connectivity index (χ0) is 14.7. The maximum Gasteiger partial charge on any atom is 0.287 e. The summed E-state index contributed by atoms with van der Waals surface area (Å²) < 4.78 is 10.5. The summed E-state index contributed by atoms with van der Waals surface area (Å²) in [5, 5.41) is 11.1. The molecule has 108 valence electrons. The van der Waals surface area contributed by atoms with E-state index in [0.717, 1.165) is 5.56 Å². The lowest BCUT2D eigenvalue weighted by Gasteiger charge is -1.98. The summed E-state index contributed by atoms with van der Waals surface area (Å²) in [6.45, 7) is 0.182. The Morgan fingerprint density at radius 1 is 1.43 bits per heavy atom. The molecule has 0 saturated carbocycles. The Morgan fingerprint density at radius 3 is 3.05 bits per heavy atom. The van der Waals surface area contributed by atoms with Crippen LogP contribution in [0.5, 0.6) is 0 Å². The normalized spacial score (nSPS) is 10.7. The molecule has 0 aliphatic heterocycles. The smallest absolute Gasteiger partial charge is 0.287 e. The van der Waals surface area contributed by atoms with E-state index in [9.17, 15) is 4.79 Å². The standard InChI is InChI=1S/C13H11N3O3S2/c1-20-11-3-2-9(18-11)12(17)14-6-10-15-13(19-16-10)8-4-5-21-7-8/h2-5,7H,6H2,1H3,(H,14,17). The van der Waals surface area contributed by atoms with Gasteiger partial charge in [-0.15, -0.1) is 0 Å². The van der Waals surface area contributed by atoms with Crippen LogP contribution in [0.4, 0.5) is 0 Å². The number of nitrogens with one attached hydrogen (secondary N) is 1. The molecule has 0 fully saturated rings. The van der Waals surface area contributed by atoms with E-state index in [4.69, 9.17) is 8.94 Å². The predicted molar refractivity (Wildman–Crippen MR) is 79.3 cm³/mol. The van der Waals surface area contributed by atoms with E-state index in [1.807, 2.05) is 23.1 Å². The summed E-state index contributed by atoms with van der Waals surface area (Å²) in [7, 11) is 0. The summed E-state index contributed by atoms with van der Waals surface area (Å²) in [4.78, 5) is 16.1. The van der Waals surface area contributed by atoms with Gasteiger partial charge in [0.25, 0.3) is 11.8 Å². The van der Waals surface area contributed by atoms with Crippen molar-refractivity contribution in [1.29, 1.82) is 0 Å². The SMILES string of the molecule is CSc1ccc(C(=O)NCc2noc(-c3ccsc3)n2)o1. The van der Waals surface area contributed by atoms with Crippen LogP contribution in [-0.4, -0.2) is 22.3 Å². The number of thioether (sulfide) groups is 1. The Kier molecular flexibility index (Phi) is 4.07. The Morgan fingerprint density at radius 2 is 2.33 bits per heavy atom. The molecule has 0 spiro atoms. The van der Waals surface area contributed by atoms with Crippen molar-refractivity contribution >= 4 is 29.0 Å². The minimum atomic E-state index is -0.308. The fourth-order valence-corrected chi connectivity index (χ4v) is 2.63. The number of nitrogens with zero attached hydrogens (tertiary/aromatic N) is 2. The topological polar surface area (TPSA) is 81.2 Å². The van der Waals surface area contributed by atoms with Crippen LogP contribution in [0.15, 0.2) is 43.0 Å². The lowest BCUT2D eigenvalue weighted by molar-refractivity contribution is 0.0917. The zero-order valence-corrected chi connectivity index (χ0v) is 12.7. The van der Waals surface area contributed by atoms with Gasteiger partial charge in [-0.1, -0.05) is 16.9 Å². The molecule has 1 N–H and O–H groups in total. The van der Waals surface area contributed by atoms with E-state index in [0.29, 0.717) is 16.8 Å². The summed E-state index contributed by atoms with van der Waals surface area (Å²) in [6, 6.07) is 5.28. The first-order chi connectivity index (χ1) is 10.3. The summed E-state index contributed by atoms with van der Waals surface area (Å²) in [5.74, 6) is 0.822. The minimum absolute atomic E-state index is 0.182. The van der Waals surface area contributed by atoms with Gasteiger partial charge in [0.1, 0.15) is 0 Å². The number of rotatable bonds is 5. The number of furan rings is 1. The maximum absolute atomic E-state index is 11.9. The molecule has 0 radical (unpaired) electrons. The molecule has 0 atom stereocenters. The van der Waals surface area contributed by atoms with E-state index < -0.39 is 0 Å². The number of hydrogen-bond donors (Lipinski definition) is 1. The Bertz CT molecular complexity index is 734. The molecule has 0 saturated heterocycles. The second kappa shape index (κ2) is 6.15. The molecule has 0 aromatic carbocycles. The average molecular weight is 321 g/mol. The summed E-state index contributed by atoms with van der Waals surface area (Å²) in [5.41, 5.74) is 0.876. The molecule has 3 aromatic rings. The predicted octanol–water partition coefficient (Wildman–Crippen LogP) is 3.04. The molecule has 21 heavy (non-hydrogen) atoms. The highest BCUT2D eigenvalue weighted by Gasteiger charge is 2.13. The van der Waals surface area contributed by atoms with Gasteiger partial charge < -0.3 is 14.3 Å². The van der Waals surface area contributed by atoms with Crippen LogP contribution in [0.3, 0.4) is 0 Å². The van der Waals surface area contributed by atoms with Crippen LogP contribution in [0.25, 0.3) is 11.5 Å². The van der Waals surface area contributed by atoms with Crippen LogP contribution in [-0.2, 0) is 6.54 Å². The second-order valence-corrected chi connectivity index (χ2v) is 5.62. The van der Waals surface area contributed by atoms with Crippen molar-refractivity contribution in [3.8, 4) is 11.5 Å². The molecule has 0 bridgehead atoms. The van der Waals surface area contributed by atoms with Crippen LogP contribution < -0.4 is 5.32 Å². The van der Waals surface area contributed by atoms with Gasteiger partial charge in [-0.2, -0.15) is 16.3 Å². The van der Waals surface area contributed by atoms with E-state index in [1.165, 1.54) is 11.8 Å². The second-order valence-electron chi connectivity index (χ2n) is 4.03. The molecule has 0 aliphatic carbocycles. The largest absolute Gasteiger partial charge is 0.445 e. The van der Waals surface area contributed by atoms with Crippen LogP contribution in [0, 0.1) is 0 Å². The number of carbonyl (C=O) groups excluding carboxylic acids is 1. The highest BCUT2D eigenvalue weighted by molar-refractivity contribution is 7.98. The Balaban J connectivity index is 1.61. The third-order valence-electron chi connectivity index (χ3n) is 2.65. The van der Waals surface area contributed by atoms with Gasteiger partial charge >= 0.3 is 0 Å². The van der Waals surface area contributed by atoms with Crippen LogP contribution in [0.1, 0.15) is 16.4 Å². The molecule has 0 aliphatic rings. The molecule has 6 nitrogen and oxygen atoms in total. The van der Waals surface area contributed by atoms with Crippen molar-refractivity contribution in [2.75, 3.05) is 6.26 Å². The van der Waals surface area contributed by atoms with Gasteiger partial charge in [0.2, 0.25) is 0 Å². The highest BCUT2D eigenvalue weighted by atomic mass is 32.2. The van der Waals surface area contributed by atoms with Gasteiger partial charge in [0.05, 0.1) is 12.1 Å². The molecule has 3 aromatic heterocycles. The van der Waals surface area contributed by atoms with Crippen molar-refractivity contribution < 1.29 is 13.7 Å². The van der Waals surface area contributed by atoms with Gasteiger partial charge in [0.15, 0.2) is 16.7 Å². The molecular weight excluding hydrogens is 310 g/mol. The van der Waals surface area contributed by atoms with E-state index in [2.05, 4.69) is 15.5 Å². The fraction of sp³-hybridized carbons (Fsp3) is 0.154. The van der Waals surface area contributed by atoms with Gasteiger partial charge in [0, 0.05) is 5.38 Å². The number of amides is 1. The molecule has 8 heteroatoms. The van der Waals surface area contributed by atoms with Crippen molar-refractivity contribution in [2.45, 2.75) is 11.6 Å². The Labute approximate surface area is 128 Å². The molecule has 0 unspecified atom stereocenters. The average Bonchev–Trinajstić information content (AvgIpc) is 3.24. The molecule has 1 amide bonds. The molecule has 3 rings (SSSR count). The van der Waals surface area contributed by atoms with E-state index in [1.54, 1.807) is 23.5 Å². The van der Waals surface area contributed by atoms with Gasteiger partial charge in [-0.3, -0.25) is 4.79 Å². The fourth-order valence-electron chi connectivity index (χ4n) is 1.63. The lowest BCUT2D eigenvalue weighted by Crippen LogP contribution is -2.22. The van der Waals surface area contributed by atoms with Crippen LogP contribution in [0.2, 0.25) is 0 Å². The summed E-state index contributed by atoms with van der Waals surface area (Å²) >= 11 is 2.99. The first-order valence-electron chi connectivity index (χ1n) is 6.03. The van der Waals surface area contributed by atoms with E-state index in [-0.39, 0.29) is 18.2 Å². The number of aromatic nitrogens is 2. The molecular formula is C13H11N3O3S2. The lowest BCUT2D eigenvalue weighted by atomic mass is 10.3. The number of hydrogen-bond acceptors (Lipinski definition) is 7. The summed E-state index contributed by atoms with van der Waals surface area (Å²) in [6.07, 6.45) is 1.88. The Hall–Kier alpha value is -2.06. The molecule has 3 heterocycles. The highest BCUT2D eigenvalue weighted by Crippen LogP contribution is 2.20. The van der Waals surface area contributed by atoms with Crippen molar-refractivity contribution in [1.82, 2.24) is 15.5 Å². The number of thiophene rings is 1. The monoisotopic (exact) mass is 321 g/mol. The minimum Gasteiger partial charge on any atom is -0.445 e. The van der Waals surface area contributed by atoms with Gasteiger partial charge in [-0.25, -0.2) is 0 Å². The van der Waals surface area contributed by atoms with E-state index >= 15 is 0 Å². The van der Waals surface area contributed by atoms with Crippen LogP contribution >= 0.6 is 23.1 Å². The zero-order valence-electron chi connectivity index (χ0n) is 11.0. The number of carbonyl (C=O) groups is 1. The van der Waals surface area contributed by atoms with Crippen molar-refractivity contribution in [3.05, 3.63) is 40.5 Å².